The van der Waals surface area contributed by atoms with Gasteiger partial charge in [-0.05, 0) is 37.4 Å². The molecule has 1 atom stereocenters. The zero-order chi connectivity index (χ0) is 16.2. The molecule has 3 rings (SSSR count). The molecule has 0 spiro atoms. The van der Waals surface area contributed by atoms with Gasteiger partial charge in [0.25, 0.3) is 0 Å². The fraction of sp³-hybridized carbons (Fsp3) is 0.353. The Labute approximate surface area is 139 Å². The van der Waals surface area contributed by atoms with E-state index in [0.29, 0.717) is 19.1 Å². The van der Waals surface area contributed by atoms with Crippen LogP contribution in [0.2, 0.25) is 0 Å². The Kier molecular flexibility index (Phi) is 4.71. The molecule has 0 aliphatic carbocycles. The summed E-state index contributed by atoms with van der Waals surface area (Å²) in [5.74, 6) is 0.0193. The van der Waals surface area contributed by atoms with Crippen molar-refractivity contribution in [3.05, 3.63) is 45.9 Å². The second-order valence-electron chi connectivity index (χ2n) is 5.59. The van der Waals surface area contributed by atoms with Crippen molar-refractivity contribution in [2.24, 2.45) is 0 Å². The fourth-order valence-corrected chi connectivity index (χ4v) is 3.18. The Balaban J connectivity index is 1.56. The standard InChI is InChI=1S/C17H19N3O2S/c1-12-10-13(2)19-17(18-12)22-14-7-8-20(11-14)16(21)6-5-15-4-3-9-23-15/h3-6,9-10,14H,7-8,11H2,1-2H3/b6-5+. The number of aromatic nitrogens is 2. The molecule has 6 heteroatoms. The predicted molar refractivity (Wildman–Crippen MR) is 90.5 cm³/mol. The average Bonchev–Trinajstić information content (AvgIpc) is 3.15. The topological polar surface area (TPSA) is 55.3 Å². The van der Waals surface area contributed by atoms with Gasteiger partial charge in [0.05, 0.1) is 6.54 Å². The van der Waals surface area contributed by atoms with E-state index in [9.17, 15) is 4.79 Å². The smallest absolute Gasteiger partial charge is 0.317 e. The van der Waals surface area contributed by atoms with Crippen LogP contribution in [0.25, 0.3) is 6.08 Å². The number of likely N-dealkylation sites (tertiary alicyclic amines) is 1. The second kappa shape index (κ2) is 6.91. The van der Waals surface area contributed by atoms with Crippen LogP contribution in [0.1, 0.15) is 22.7 Å². The van der Waals surface area contributed by atoms with Crippen LogP contribution in [-0.4, -0.2) is 40.0 Å². The van der Waals surface area contributed by atoms with Crippen LogP contribution in [0.3, 0.4) is 0 Å². The minimum atomic E-state index is -0.0460. The predicted octanol–water partition coefficient (Wildman–Crippen LogP) is 2.85. The normalized spacial score (nSPS) is 17.8. The van der Waals surface area contributed by atoms with Gasteiger partial charge in [0.2, 0.25) is 5.91 Å². The summed E-state index contributed by atoms with van der Waals surface area (Å²) >= 11 is 1.61. The van der Waals surface area contributed by atoms with Gasteiger partial charge < -0.3 is 9.64 Å². The average molecular weight is 329 g/mol. The number of hydrogen-bond acceptors (Lipinski definition) is 5. The zero-order valence-corrected chi connectivity index (χ0v) is 14.0. The number of carbonyl (C=O) groups is 1. The first-order valence-corrected chi connectivity index (χ1v) is 8.47. The molecule has 1 aliphatic heterocycles. The highest BCUT2D eigenvalue weighted by molar-refractivity contribution is 7.10. The van der Waals surface area contributed by atoms with E-state index >= 15 is 0 Å². The lowest BCUT2D eigenvalue weighted by Crippen LogP contribution is -2.29. The van der Waals surface area contributed by atoms with Crippen molar-refractivity contribution in [3.63, 3.8) is 0 Å². The third kappa shape index (κ3) is 4.16. The van der Waals surface area contributed by atoms with Crippen molar-refractivity contribution in [3.8, 4) is 6.01 Å². The van der Waals surface area contributed by atoms with E-state index < -0.39 is 0 Å². The Morgan fingerprint density at radius 3 is 2.87 bits per heavy atom. The molecule has 2 aromatic rings. The fourth-order valence-electron chi connectivity index (χ4n) is 2.56. The molecular formula is C17H19N3O2S. The van der Waals surface area contributed by atoms with Crippen molar-refractivity contribution in [2.75, 3.05) is 13.1 Å². The van der Waals surface area contributed by atoms with Gasteiger partial charge in [-0.2, -0.15) is 0 Å². The molecule has 0 radical (unpaired) electrons. The lowest BCUT2D eigenvalue weighted by molar-refractivity contribution is -0.125. The summed E-state index contributed by atoms with van der Waals surface area (Å²) in [5.41, 5.74) is 1.77. The molecule has 1 fully saturated rings. The quantitative estimate of drug-likeness (QED) is 0.810. The van der Waals surface area contributed by atoms with Crippen LogP contribution in [0.15, 0.2) is 29.7 Å². The van der Waals surface area contributed by atoms with Gasteiger partial charge >= 0.3 is 6.01 Å². The maximum absolute atomic E-state index is 12.2. The first-order valence-electron chi connectivity index (χ1n) is 7.59. The molecule has 1 aliphatic rings. The lowest BCUT2D eigenvalue weighted by atomic mass is 10.3. The molecule has 0 saturated carbocycles. The summed E-state index contributed by atoms with van der Waals surface area (Å²) in [4.78, 5) is 23.7. The van der Waals surface area contributed by atoms with Gasteiger partial charge in [-0.3, -0.25) is 4.79 Å². The van der Waals surface area contributed by atoms with E-state index in [2.05, 4.69) is 9.97 Å². The molecule has 3 heterocycles. The largest absolute Gasteiger partial charge is 0.458 e. The summed E-state index contributed by atoms with van der Waals surface area (Å²) < 4.78 is 5.83. The number of carbonyl (C=O) groups excluding carboxylic acids is 1. The summed E-state index contributed by atoms with van der Waals surface area (Å²) in [5, 5.41) is 1.99. The number of rotatable bonds is 4. The van der Waals surface area contributed by atoms with Crippen molar-refractivity contribution in [1.82, 2.24) is 14.9 Å². The maximum Gasteiger partial charge on any atom is 0.317 e. The van der Waals surface area contributed by atoms with Crippen LogP contribution in [0, 0.1) is 13.8 Å². The molecule has 23 heavy (non-hydrogen) atoms. The number of nitrogens with zero attached hydrogens (tertiary/aromatic N) is 3. The van der Waals surface area contributed by atoms with Gasteiger partial charge in [-0.15, -0.1) is 11.3 Å². The summed E-state index contributed by atoms with van der Waals surface area (Å²) in [6, 6.07) is 6.27. The Bertz CT molecular complexity index is 692. The van der Waals surface area contributed by atoms with Crippen molar-refractivity contribution < 1.29 is 9.53 Å². The Hall–Kier alpha value is -2.21. The van der Waals surface area contributed by atoms with Gasteiger partial charge in [0, 0.05) is 35.3 Å². The molecule has 0 aromatic carbocycles. The van der Waals surface area contributed by atoms with E-state index in [-0.39, 0.29) is 12.0 Å². The van der Waals surface area contributed by atoms with Gasteiger partial charge in [0.15, 0.2) is 0 Å². The molecule has 1 saturated heterocycles. The highest BCUT2D eigenvalue weighted by atomic mass is 32.1. The maximum atomic E-state index is 12.2. The number of aryl methyl sites for hydroxylation is 2. The molecule has 0 N–H and O–H groups in total. The number of amides is 1. The molecule has 5 nitrogen and oxygen atoms in total. The van der Waals surface area contributed by atoms with Crippen LogP contribution >= 0.6 is 11.3 Å². The monoisotopic (exact) mass is 329 g/mol. The summed E-state index contributed by atoms with van der Waals surface area (Å²) in [6.07, 6.45) is 4.24. The third-order valence-electron chi connectivity index (χ3n) is 3.62. The summed E-state index contributed by atoms with van der Waals surface area (Å²) in [6.45, 7) is 5.11. The minimum Gasteiger partial charge on any atom is -0.458 e. The van der Waals surface area contributed by atoms with E-state index in [1.807, 2.05) is 43.5 Å². The highest BCUT2D eigenvalue weighted by Gasteiger charge is 2.27. The van der Waals surface area contributed by atoms with Crippen molar-refractivity contribution >= 4 is 23.3 Å². The second-order valence-corrected chi connectivity index (χ2v) is 6.57. The van der Waals surface area contributed by atoms with E-state index in [1.54, 1.807) is 22.3 Å². The van der Waals surface area contributed by atoms with Crippen LogP contribution in [0.4, 0.5) is 0 Å². The lowest BCUT2D eigenvalue weighted by Gasteiger charge is -2.15. The number of ether oxygens (including phenoxy) is 1. The minimum absolute atomic E-state index is 0.0193. The van der Waals surface area contributed by atoms with Crippen LogP contribution in [-0.2, 0) is 4.79 Å². The molecule has 1 unspecified atom stereocenters. The summed E-state index contributed by atoms with van der Waals surface area (Å²) in [7, 11) is 0. The van der Waals surface area contributed by atoms with E-state index in [4.69, 9.17) is 4.74 Å². The van der Waals surface area contributed by atoms with Gasteiger partial charge in [-0.1, -0.05) is 6.07 Å². The first kappa shape index (κ1) is 15.7. The van der Waals surface area contributed by atoms with Gasteiger partial charge in [-0.25, -0.2) is 9.97 Å². The first-order chi connectivity index (χ1) is 11.1. The number of hydrogen-bond donors (Lipinski definition) is 0. The Morgan fingerprint density at radius 2 is 2.17 bits per heavy atom. The molecule has 1 amide bonds. The molecule has 120 valence electrons. The van der Waals surface area contributed by atoms with Crippen LogP contribution < -0.4 is 4.74 Å². The zero-order valence-electron chi connectivity index (χ0n) is 13.2. The third-order valence-corrected chi connectivity index (χ3v) is 4.46. The SMILES string of the molecule is Cc1cc(C)nc(OC2CCN(C(=O)/C=C/c3cccs3)C2)n1. The number of thiophene rings is 1. The molecular weight excluding hydrogens is 310 g/mol. The van der Waals surface area contributed by atoms with E-state index in [1.165, 1.54) is 0 Å². The highest BCUT2D eigenvalue weighted by Crippen LogP contribution is 2.17. The van der Waals surface area contributed by atoms with Crippen molar-refractivity contribution in [1.29, 1.82) is 0 Å². The van der Waals surface area contributed by atoms with Crippen molar-refractivity contribution in [2.45, 2.75) is 26.4 Å². The van der Waals surface area contributed by atoms with Gasteiger partial charge in [0.1, 0.15) is 6.10 Å². The Morgan fingerprint density at radius 1 is 1.39 bits per heavy atom. The van der Waals surface area contributed by atoms with Crippen LogP contribution in [0.5, 0.6) is 6.01 Å². The molecule has 2 aromatic heterocycles. The molecule has 0 bridgehead atoms. The van der Waals surface area contributed by atoms with E-state index in [0.717, 1.165) is 22.7 Å².